The Morgan fingerprint density at radius 3 is 2.47 bits per heavy atom. The number of phosphoric acid groups is 1. The van der Waals surface area contributed by atoms with Gasteiger partial charge < -0.3 is 9.79 Å². The highest BCUT2D eigenvalue weighted by molar-refractivity contribution is 7.96. The summed E-state index contributed by atoms with van der Waals surface area (Å²) in [5, 5.41) is -0.240. The van der Waals surface area contributed by atoms with Gasteiger partial charge in [-0.2, -0.15) is 0 Å². The summed E-state index contributed by atoms with van der Waals surface area (Å²) in [6.07, 6.45) is 0.225. The number of carbonyl (C=O) groups excluding carboxylic acids is 1. The monoisotopic (exact) mass is 304 g/mol. The second kappa shape index (κ2) is 6.20. The first kappa shape index (κ1) is 16.4. The minimum Gasteiger partial charge on any atom is -0.303 e. The van der Waals surface area contributed by atoms with Crippen molar-refractivity contribution in [2.45, 2.75) is 32.3 Å². The molecule has 0 fully saturated rings. The van der Waals surface area contributed by atoms with Crippen molar-refractivity contribution in [2.24, 2.45) is 0 Å². The molecule has 0 saturated heterocycles. The molecule has 0 aliphatic carbocycles. The van der Waals surface area contributed by atoms with Gasteiger partial charge in [0.2, 0.25) is 0 Å². The lowest BCUT2D eigenvalue weighted by Crippen LogP contribution is -2.22. The van der Waals surface area contributed by atoms with E-state index in [9.17, 15) is 9.36 Å². The first-order chi connectivity index (χ1) is 8.62. The molecule has 7 heteroatoms. The van der Waals surface area contributed by atoms with Gasteiger partial charge in [-0.15, -0.1) is 12.6 Å². The summed E-state index contributed by atoms with van der Waals surface area (Å²) < 4.78 is 15.3. The van der Waals surface area contributed by atoms with E-state index in [0.717, 1.165) is 5.56 Å². The summed E-state index contributed by atoms with van der Waals surface area (Å²) in [5.74, 6) is 0. The van der Waals surface area contributed by atoms with Crippen LogP contribution in [0.5, 0.6) is 0 Å². The van der Waals surface area contributed by atoms with Gasteiger partial charge in [0.25, 0.3) is 0 Å². The topological polar surface area (TPSA) is 83.8 Å². The third kappa shape index (κ3) is 5.47. The Balaban J connectivity index is 3.01. The van der Waals surface area contributed by atoms with Crippen LogP contribution in [-0.2, 0) is 25.9 Å². The average molecular weight is 304 g/mol. The Morgan fingerprint density at radius 2 is 1.95 bits per heavy atom. The zero-order valence-corrected chi connectivity index (χ0v) is 12.5. The number of hydrogen-bond donors (Lipinski definition) is 3. The van der Waals surface area contributed by atoms with Gasteiger partial charge in [-0.3, -0.25) is 9.32 Å². The van der Waals surface area contributed by atoms with Crippen molar-refractivity contribution in [1.82, 2.24) is 0 Å². The second-order valence-corrected chi connectivity index (χ2v) is 6.61. The fraction of sp³-hybridized carbons (Fsp3) is 0.417. The molecule has 0 unspecified atom stereocenters. The van der Waals surface area contributed by atoms with Crippen molar-refractivity contribution < 1.29 is 23.7 Å². The molecule has 0 aliphatic heterocycles. The minimum atomic E-state index is -4.51. The molecular formula is C12H17O5PS. The third-order valence-corrected chi connectivity index (χ3v) is 3.35. The lowest BCUT2D eigenvalue weighted by molar-refractivity contribution is -0.111. The SMILES string of the molecule is CC(C)(CC(=O)S)c1ccccc1COP(=O)(O)O. The van der Waals surface area contributed by atoms with Gasteiger partial charge in [0.15, 0.2) is 5.12 Å². The highest BCUT2D eigenvalue weighted by Gasteiger charge is 2.26. The fourth-order valence-corrected chi connectivity index (χ4v) is 2.64. The van der Waals surface area contributed by atoms with Crippen molar-refractivity contribution in [3.8, 4) is 0 Å². The smallest absolute Gasteiger partial charge is 0.303 e. The number of rotatable bonds is 6. The van der Waals surface area contributed by atoms with Gasteiger partial charge in [-0.05, 0) is 16.5 Å². The molecule has 0 bridgehead atoms. The number of phosphoric ester groups is 1. The summed E-state index contributed by atoms with van der Waals surface area (Å²) in [6, 6.07) is 7.09. The molecule has 0 atom stereocenters. The lowest BCUT2D eigenvalue weighted by Gasteiger charge is -2.26. The summed E-state index contributed by atoms with van der Waals surface area (Å²) in [5.41, 5.74) is 0.976. The van der Waals surface area contributed by atoms with E-state index in [-0.39, 0.29) is 18.1 Å². The van der Waals surface area contributed by atoms with Crippen molar-refractivity contribution in [1.29, 1.82) is 0 Å². The molecule has 19 heavy (non-hydrogen) atoms. The lowest BCUT2D eigenvalue weighted by atomic mass is 9.79. The molecule has 1 rings (SSSR count). The van der Waals surface area contributed by atoms with Crippen LogP contribution in [0.1, 0.15) is 31.4 Å². The summed E-state index contributed by atoms with van der Waals surface area (Å²) in [6.45, 7) is 3.54. The summed E-state index contributed by atoms with van der Waals surface area (Å²) in [7, 11) is -4.51. The Labute approximate surface area is 117 Å². The van der Waals surface area contributed by atoms with E-state index < -0.39 is 13.2 Å². The Kier molecular flexibility index (Phi) is 5.35. The standard InChI is InChI=1S/C12H17O5PS/c1-12(2,7-11(13)19)10-6-4-3-5-9(10)8-17-18(14,15)16/h3-6H,7-8H2,1-2H3,(H,13,19)(H2,14,15,16). The Bertz CT molecular complexity index is 509. The number of thiol groups is 1. The molecule has 0 aliphatic rings. The molecule has 0 aromatic heterocycles. The van der Waals surface area contributed by atoms with Crippen LogP contribution in [0.25, 0.3) is 0 Å². The zero-order valence-electron chi connectivity index (χ0n) is 10.7. The van der Waals surface area contributed by atoms with Crippen LogP contribution in [0.4, 0.5) is 0 Å². The second-order valence-electron chi connectivity index (χ2n) is 4.88. The molecule has 0 saturated carbocycles. The highest BCUT2D eigenvalue weighted by atomic mass is 32.1. The number of hydrogen-bond acceptors (Lipinski definition) is 3. The number of carbonyl (C=O) groups is 1. The fourth-order valence-electron chi connectivity index (χ4n) is 1.93. The van der Waals surface area contributed by atoms with Gasteiger partial charge in [0.1, 0.15) is 0 Å². The van der Waals surface area contributed by atoms with Gasteiger partial charge in [0.05, 0.1) is 6.61 Å². The van der Waals surface area contributed by atoms with Crippen LogP contribution >= 0.6 is 20.5 Å². The maximum atomic E-state index is 11.2. The van der Waals surface area contributed by atoms with Crippen LogP contribution in [0, 0.1) is 0 Å². The van der Waals surface area contributed by atoms with Crippen LogP contribution < -0.4 is 0 Å². The van der Waals surface area contributed by atoms with E-state index >= 15 is 0 Å². The van der Waals surface area contributed by atoms with Crippen LogP contribution in [0.15, 0.2) is 24.3 Å². The predicted molar refractivity (Wildman–Crippen MR) is 74.9 cm³/mol. The largest absolute Gasteiger partial charge is 0.469 e. The maximum absolute atomic E-state index is 11.2. The van der Waals surface area contributed by atoms with E-state index in [1.807, 2.05) is 19.9 Å². The van der Waals surface area contributed by atoms with E-state index in [1.165, 1.54) is 0 Å². The van der Waals surface area contributed by atoms with Gasteiger partial charge in [-0.1, -0.05) is 38.1 Å². The van der Waals surface area contributed by atoms with E-state index in [4.69, 9.17) is 9.79 Å². The van der Waals surface area contributed by atoms with Crippen molar-refractivity contribution in [3.05, 3.63) is 35.4 Å². The molecule has 1 aromatic carbocycles. The molecule has 2 N–H and O–H groups in total. The first-order valence-electron chi connectivity index (χ1n) is 5.62. The molecule has 0 radical (unpaired) electrons. The van der Waals surface area contributed by atoms with Gasteiger partial charge in [0, 0.05) is 6.42 Å². The minimum absolute atomic E-state index is 0.204. The number of benzene rings is 1. The summed E-state index contributed by atoms with van der Waals surface area (Å²) >= 11 is 3.78. The molecule has 106 valence electrons. The molecular weight excluding hydrogens is 287 g/mol. The quantitative estimate of drug-likeness (QED) is 0.555. The van der Waals surface area contributed by atoms with E-state index in [2.05, 4.69) is 17.2 Å². The molecule has 5 nitrogen and oxygen atoms in total. The van der Waals surface area contributed by atoms with Gasteiger partial charge in [-0.25, -0.2) is 4.57 Å². The third-order valence-electron chi connectivity index (χ3n) is 2.73. The summed E-state index contributed by atoms with van der Waals surface area (Å²) in [4.78, 5) is 28.7. The van der Waals surface area contributed by atoms with Gasteiger partial charge >= 0.3 is 7.82 Å². The average Bonchev–Trinajstić information content (AvgIpc) is 2.24. The molecule has 1 aromatic rings. The molecule has 0 heterocycles. The van der Waals surface area contributed by atoms with E-state index in [0.29, 0.717) is 5.56 Å². The Morgan fingerprint density at radius 1 is 1.37 bits per heavy atom. The van der Waals surface area contributed by atoms with Crippen LogP contribution in [-0.4, -0.2) is 14.9 Å². The predicted octanol–water partition coefficient (Wildman–Crippen LogP) is 2.42. The maximum Gasteiger partial charge on any atom is 0.469 e. The highest BCUT2D eigenvalue weighted by Crippen LogP contribution is 2.38. The van der Waals surface area contributed by atoms with Crippen molar-refractivity contribution in [3.63, 3.8) is 0 Å². The molecule has 0 amide bonds. The Hall–Kier alpha value is -0.650. The van der Waals surface area contributed by atoms with Crippen molar-refractivity contribution >= 4 is 25.6 Å². The van der Waals surface area contributed by atoms with Crippen molar-refractivity contribution in [2.75, 3.05) is 0 Å². The first-order valence-corrected chi connectivity index (χ1v) is 7.60. The van der Waals surface area contributed by atoms with Crippen LogP contribution in [0.2, 0.25) is 0 Å². The van der Waals surface area contributed by atoms with Crippen LogP contribution in [0.3, 0.4) is 0 Å². The zero-order chi connectivity index (χ0) is 14.7. The molecule has 0 spiro atoms. The van der Waals surface area contributed by atoms with E-state index in [1.54, 1.807) is 18.2 Å². The normalized spacial score (nSPS) is 12.5.